The lowest BCUT2D eigenvalue weighted by Gasteiger charge is -2.37. The number of nitrogens with one attached hydrogen (secondary N) is 1. The molecule has 2 nitrogen and oxygen atoms in total. The summed E-state index contributed by atoms with van der Waals surface area (Å²) in [6, 6.07) is 5.02. The first kappa shape index (κ1) is 15.0. The van der Waals surface area contributed by atoms with Gasteiger partial charge in [0.2, 0.25) is 0 Å². The van der Waals surface area contributed by atoms with E-state index in [-0.39, 0.29) is 0 Å². The third-order valence-corrected chi connectivity index (χ3v) is 5.66. The molecule has 0 aliphatic heterocycles. The van der Waals surface area contributed by atoms with Gasteiger partial charge < -0.3 is 5.32 Å². The van der Waals surface area contributed by atoms with Gasteiger partial charge in [-0.15, -0.1) is 0 Å². The van der Waals surface area contributed by atoms with E-state index >= 15 is 0 Å². The average Bonchev–Trinajstić information content (AvgIpc) is 2.50. The molecule has 1 saturated carbocycles. The zero-order valence-corrected chi connectivity index (χ0v) is 13.5. The molecule has 0 saturated heterocycles. The molecule has 1 heterocycles. The van der Waals surface area contributed by atoms with Crippen molar-refractivity contribution in [2.75, 3.05) is 7.05 Å². The minimum Gasteiger partial charge on any atom is -0.316 e. The molecule has 0 amide bonds. The summed E-state index contributed by atoms with van der Waals surface area (Å²) in [4.78, 5) is 4.77. The molecule has 0 aromatic carbocycles. The van der Waals surface area contributed by atoms with Crippen LogP contribution in [0.25, 0.3) is 0 Å². The van der Waals surface area contributed by atoms with Crippen LogP contribution in [0.2, 0.25) is 0 Å². The SMILES string of the molecule is CNC(C1CCCCCCC1)C1CCCc2cccnc21. The standard InChI is InChI=1S/C19H30N2/c1-20-18(15-9-5-3-2-4-6-10-15)17-13-7-11-16-12-8-14-21-19(16)17/h8,12,14-15,17-18,20H,2-7,9-11,13H2,1H3. The molecule has 2 unspecified atom stereocenters. The first-order valence-corrected chi connectivity index (χ1v) is 9.01. The van der Waals surface area contributed by atoms with E-state index in [9.17, 15) is 0 Å². The van der Waals surface area contributed by atoms with Crippen molar-refractivity contribution in [2.24, 2.45) is 5.92 Å². The van der Waals surface area contributed by atoms with Gasteiger partial charge in [-0.2, -0.15) is 0 Å². The molecule has 2 atom stereocenters. The molecule has 116 valence electrons. The fourth-order valence-corrected chi connectivity index (χ4v) is 4.61. The normalized spacial score (nSPS) is 25.7. The van der Waals surface area contributed by atoms with E-state index in [0.29, 0.717) is 12.0 Å². The predicted molar refractivity (Wildman–Crippen MR) is 88.6 cm³/mol. The van der Waals surface area contributed by atoms with Gasteiger partial charge in [-0.1, -0.05) is 38.2 Å². The number of fused-ring (bicyclic) bond motifs is 1. The van der Waals surface area contributed by atoms with E-state index in [1.165, 1.54) is 75.5 Å². The van der Waals surface area contributed by atoms with Crippen molar-refractivity contribution in [3.63, 3.8) is 0 Å². The minimum atomic E-state index is 0.622. The largest absolute Gasteiger partial charge is 0.316 e. The summed E-state index contributed by atoms with van der Waals surface area (Å²) in [7, 11) is 2.17. The lowest BCUT2D eigenvalue weighted by molar-refractivity contribution is 0.249. The van der Waals surface area contributed by atoms with Gasteiger partial charge in [0.1, 0.15) is 0 Å². The van der Waals surface area contributed by atoms with Crippen LogP contribution in [0.5, 0.6) is 0 Å². The molecule has 3 rings (SSSR count). The van der Waals surface area contributed by atoms with Crippen molar-refractivity contribution in [3.05, 3.63) is 29.6 Å². The van der Waals surface area contributed by atoms with Gasteiger partial charge in [-0.05, 0) is 56.7 Å². The molecule has 1 N–H and O–H groups in total. The van der Waals surface area contributed by atoms with E-state index in [2.05, 4.69) is 24.5 Å². The fourth-order valence-electron chi connectivity index (χ4n) is 4.61. The van der Waals surface area contributed by atoms with Gasteiger partial charge in [0.05, 0.1) is 0 Å². The molecule has 0 bridgehead atoms. The Labute approximate surface area is 129 Å². The summed E-state index contributed by atoms with van der Waals surface area (Å²) in [5.74, 6) is 1.47. The van der Waals surface area contributed by atoms with Gasteiger partial charge in [-0.25, -0.2) is 0 Å². The van der Waals surface area contributed by atoms with Crippen LogP contribution in [0.3, 0.4) is 0 Å². The second-order valence-corrected chi connectivity index (χ2v) is 6.97. The zero-order chi connectivity index (χ0) is 14.5. The number of hydrogen-bond acceptors (Lipinski definition) is 2. The quantitative estimate of drug-likeness (QED) is 0.888. The average molecular weight is 286 g/mol. The summed E-state index contributed by atoms with van der Waals surface area (Å²) in [5.41, 5.74) is 2.89. The molecule has 21 heavy (non-hydrogen) atoms. The number of aryl methyl sites for hydroxylation is 1. The van der Waals surface area contributed by atoms with Crippen LogP contribution in [0, 0.1) is 5.92 Å². The van der Waals surface area contributed by atoms with Crippen LogP contribution < -0.4 is 5.32 Å². The van der Waals surface area contributed by atoms with Crippen LogP contribution in [-0.4, -0.2) is 18.1 Å². The number of nitrogens with zero attached hydrogens (tertiary/aromatic N) is 1. The predicted octanol–water partition coefficient (Wildman–Crippen LogP) is 4.45. The zero-order valence-electron chi connectivity index (χ0n) is 13.5. The number of pyridine rings is 1. The number of hydrogen-bond donors (Lipinski definition) is 1. The molecule has 2 aliphatic carbocycles. The van der Waals surface area contributed by atoms with Gasteiger partial charge in [-0.3, -0.25) is 4.98 Å². The third-order valence-electron chi connectivity index (χ3n) is 5.66. The van der Waals surface area contributed by atoms with Crippen molar-refractivity contribution in [3.8, 4) is 0 Å². The molecule has 0 radical (unpaired) electrons. The molecule has 1 fully saturated rings. The maximum Gasteiger partial charge on any atom is 0.0482 e. The maximum absolute atomic E-state index is 4.77. The number of aromatic nitrogens is 1. The molecular formula is C19H30N2. The Bertz CT molecular complexity index is 435. The topological polar surface area (TPSA) is 24.9 Å². The Morgan fingerprint density at radius 3 is 2.57 bits per heavy atom. The highest BCUT2D eigenvalue weighted by molar-refractivity contribution is 5.27. The second kappa shape index (κ2) is 7.40. The van der Waals surface area contributed by atoms with Gasteiger partial charge in [0.15, 0.2) is 0 Å². The monoisotopic (exact) mass is 286 g/mol. The van der Waals surface area contributed by atoms with E-state index < -0.39 is 0 Å². The Kier molecular flexibility index (Phi) is 5.29. The van der Waals surface area contributed by atoms with Gasteiger partial charge >= 0.3 is 0 Å². The summed E-state index contributed by atoms with van der Waals surface area (Å²) < 4.78 is 0. The van der Waals surface area contributed by atoms with Crippen LogP contribution in [0.15, 0.2) is 18.3 Å². The highest BCUT2D eigenvalue weighted by Crippen LogP contribution is 2.38. The van der Waals surface area contributed by atoms with Crippen LogP contribution in [0.1, 0.15) is 75.0 Å². The fraction of sp³-hybridized carbons (Fsp3) is 0.737. The van der Waals surface area contributed by atoms with E-state index in [1.807, 2.05) is 6.20 Å². The lowest BCUT2D eigenvalue weighted by atomic mass is 9.74. The Morgan fingerprint density at radius 1 is 1.05 bits per heavy atom. The van der Waals surface area contributed by atoms with Crippen LogP contribution >= 0.6 is 0 Å². The summed E-state index contributed by atoms with van der Waals surface area (Å²) in [6.07, 6.45) is 15.8. The first-order valence-electron chi connectivity index (χ1n) is 9.01. The van der Waals surface area contributed by atoms with E-state index in [0.717, 1.165) is 5.92 Å². The van der Waals surface area contributed by atoms with E-state index in [4.69, 9.17) is 4.98 Å². The summed E-state index contributed by atoms with van der Waals surface area (Å²) in [5, 5.41) is 3.69. The van der Waals surface area contributed by atoms with Crippen molar-refractivity contribution >= 4 is 0 Å². The molecule has 1 aromatic rings. The number of likely N-dealkylation sites (N-methyl/N-ethyl adjacent to an activating group) is 1. The summed E-state index contributed by atoms with van der Waals surface area (Å²) >= 11 is 0. The van der Waals surface area contributed by atoms with Crippen molar-refractivity contribution in [1.29, 1.82) is 0 Å². The molecule has 0 spiro atoms. The lowest BCUT2D eigenvalue weighted by Crippen LogP contribution is -2.41. The van der Waals surface area contributed by atoms with E-state index in [1.54, 1.807) is 0 Å². The van der Waals surface area contributed by atoms with Gasteiger partial charge in [0, 0.05) is 23.9 Å². The van der Waals surface area contributed by atoms with Crippen LogP contribution in [0.4, 0.5) is 0 Å². The molecule has 2 heteroatoms. The first-order chi connectivity index (χ1) is 10.4. The third kappa shape index (κ3) is 3.48. The molecular weight excluding hydrogens is 256 g/mol. The van der Waals surface area contributed by atoms with Crippen molar-refractivity contribution < 1.29 is 0 Å². The van der Waals surface area contributed by atoms with Crippen LogP contribution in [-0.2, 0) is 6.42 Å². The smallest absolute Gasteiger partial charge is 0.0482 e. The minimum absolute atomic E-state index is 0.622. The number of rotatable bonds is 3. The van der Waals surface area contributed by atoms with Crippen molar-refractivity contribution in [1.82, 2.24) is 10.3 Å². The Morgan fingerprint density at radius 2 is 1.81 bits per heavy atom. The maximum atomic E-state index is 4.77. The van der Waals surface area contributed by atoms with Crippen molar-refractivity contribution in [2.45, 2.75) is 76.2 Å². The summed E-state index contributed by atoms with van der Waals surface area (Å²) in [6.45, 7) is 0. The highest BCUT2D eigenvalue weighted by Gasteiger charge is 2.33. The molecule has 1 aromatic heterocycles. The second-order valence-electron chi connectivity index (χ2n) is 6.97. The Hall–Kier alpha value is -0.890. The van der Waals surface area contributed by atoms with Gasteiger partial charge in [0.25, 0.3) is 0 Å². The molecule has 2 aliphatic rings. The highest BCUT2D eigenvalue weighted by atomic mass is 14.9. The Balaban J connectivity index is 1.79.